The predicted molar refractivity (Wildman–Crippen MR) is 73.0 cm³/mol. The molecule has 2 rings (SSSR count). The Morgan fingerprint density at radius 2 is 1.12 bits per heavy atom. The molecule has 88 valence electrons. The van der Waals surface area contributed by atoms with E-state index < -0.39 is 14.8 Å². The van der Waals surface area contributed by atoms with E-state index in [0.717, 1.165) is 0 Å². The zero-order valence-corrected chi connectivity index (χ0v) is 10.8. The summed E-state index contributed by atoms with van der Waals surface area (Å²) in [6.07, 6.45) is 0. The molecule has 0 atom stereocenters. The first-order chi connectivity index (χ1) is 8.15. The van der Waals surface area contributed by atoms with Crippen molar-refractivity contribution in [2.45, 2.75) is 4.08 Å². The number of hydrogen-bond donors (Lipinski definition) is 2. The Morgan fingerprint density at radius 1 is 0.765 bits per heavy atom. The molecule has 4 heteroatoms. The Balaban J connectivity index is 2.64. The molecule has 0 aliphatic rings. The molecule has 0 spiro atoms. The van der Waals surface area contributed by atoms with E-state index in [1.54, 1.807) is 24.3 Å². The summed E-state index contributed by atoms with van der Waals surface area (Å²) in [5.74, 6) is 0. The quantitative estimate of drug-likeness (QED) is 0.835. The first kappa shape index (κ1) is 12.2. The standard InChI is InChI=1S/C13H12O2S2/c14-17(15)13(16,11-7-3-1-4-8-11)12-9-5-2-6-10-12/h1-10,16-17H. The molecule has 0 fully saturated rings. The Morgan fingerprint density at radius 3 is 1.41 bits per heavy atom. The highest BCUT2D eigenvalue weighted by Gasteiger charge is 2.33. The van der Waals surface area contributed by atoms with Gasteiger partial charge in [0.25, 0.3) is 0 Å². The molecule has 0 bridgehead atoms. The van der Waals surface area contributed by atoms with Gasteiger partial charge in [-0.1, -0.05) is 60.7 Å². The SMILES string of the molecule is O=[SH](=O)C(S)(c1ccccc1)c1ccccc1. The first-order valence-corrected chi connectivity index (χ1v) is 6.76. The highest BCUT2D eigenvalue weighted by Crippen LogP contribution is 2.36. The summed E-state index contributed by atoms with van der Waals surface area (Å²) in [7, 11) is -2.73. The predicted octanol–water partition coefficient (Wildman–Crippen LogP) is 2.43. The summed E-state index contributed by atoms with van der Waals surface area (Å²) in [5.41, 5.74) is 1.32. The van der Waals surface area contributed by atoms with Gasteiger partial charge in [-0.3, -0.25) is 0 Å². The lowest BCUT2D eigenvalue weighted by atomic mass is 10.0. The first-order valence-electron chi connectivity index (χ1n) is 5.13. The Hall–Kier alpha value is -1.26. The minimum atomic E-state index is -2.73. The van der Waals surface area contributed by atoms with Crippen molar-refractivity contribution in [3.63, 3.8) is 0 Å². The van der Waals surface area contributed by atoms with E-state index in [4.69, 9.17) is 0 Å². The van der Waals surface area contributed by atoms with Gasteiger partial charge < -0.3 is 0 Å². The highest BCUT2D eigenvalue weighted by atomic mass is 32.2. The van der Waals surface area contributed by atoms with Crippen LogP contribution in [0.4, 0.5) is 0 Å². The Bertz CT molecular complexity index is 515. The third-order valence-corrected chi connectivity index (χ3v) is 4.67. The molecule has 2 aromatic rings. The van der Waals surface area contributed by atoms with Crippen LogP contribution in [-0.2, 0) is 14.8 Å². The van der Waals surface area contributed by atoms with Crippen molar-refractivity contribution in [2.75, 3.05) is 0 Å². The van der Waals surface area contributed by atoms with Gasteiger partial charge in [0.1, 0.15) is 0 Å². The Kier molecular flexibility index (Phi) is 3.54. The summed E-state index contributed by atoms with van der Waals surface area (Å²) < 4.78 is 21.9. The molecule has 0 aliphatic carbocycles. The van der Waals surface area contributed by atoms with Gasteiger partial charge in [-0.25, -0.2) is 8.42 Å². The van der Waals surface area contributed by atoms with Gasteiger partial charge in [0.2, 0.25) is 0 Å². The van der Waals surface area contributed by atoms with Crippen LogP contribution in [0.2, 0.25) is 0 Å². The van der Waals surface area contributed by atoms with Crippen LogP contribution < -0.4 is 0 Å². The average Bonchev–Trinajstić information content (AvgIpc) is 2.39. The van der Waals surface area contributed by atoms with Gasteiger partial charge in [0.05, 0.1) is 0 Å². The van der Waals surface area contributed by atoms with Crippen molar-refractivity contribution in [1.82, 2.24) is 0 Å². The zero-order valence-electron chi connectivity index (χ0n) is 8.98. The molecule has 2 aromatic carbocycles. The van der Waals surface area contributed by atoms with Crippen LogP contribution in [0, 0.1) is 0 Å². The average molecular weight is 264 g/mol. The van der Waals surface area contributed by atoms with Crippen LogP contribution in [0.25, 0.3) is 0 Å². The van der Waals surface area contributed by atoms with Crippen LogP contribution in [0.5, 0.6) is 0 Å². The van der Waals surface area contributed by atoms with E-state index in [9.17, 15) is 8.42 Å². The van der Waals surface area contributed by atoms with Crippen LogP contribution in [0.15, 0.2) is 60.7 Å². The fraction of sp³-hybridized carbons (Fsp3) is 0.0769. The topological polar surface area (TPSA) is 34.1 Å². The molecule has 0 N–H and O–H groups in total. The second-order valence-electron chi connectivity index (χ2n) is 3.66. The molecular formula is C13H12O2S2. The van der Waals surface area contributed by atoms with E-state index in [2.05, 4.69) is 12.6 Å². The smallest absolute Gasteiger partial charge is 0.163 e. The van der Waals surface area contributed by atoms with E-state index in [0.29, 0.717) is 11.1 Å². The zero-order chi connectivity index (χ0) is 12.3. The van der Waals surface area contributed by atoms with Gasteiger partial charge in [0.15, 0.2) is 14.8 Å². The minimum Gasteiger partial charge on any atom is -0.230 e. The van der Waals surface area contributed by atoms with Gasteiger partial charge in [0, 0.05) is 0 Å². The van der Waals surface area contributed by atoms with Gasteiger partial charge in [-0.05, 0) is 11.1 Å². The molecular weight excluding hydrogens is 252 g/mol. The summed E-state index contributed by atoms with van der Waals surface area (Å²) in [5, 5.41) is 0. The van der Waals surface area contributed by atoms with Gasteiger partial charge in [-0.2, -0.15) is 0 Å². The molecule has 0 radical (unpaired) electrons. The monoisotopic (exact) mass is 264 g/mol. The van der Waals surface area contributed by atoms with Crippen molar-refractivity contribution in [3.8, 4) is 0 Å². The van der Waals surface area contributed by atoms with E-state index >= 15 is 0 Å². The molecule has 0 saturated carbocycles. The fourth-order valence-corrected chi connectivity index (χ4v) is 2.74. The number of rotatable bonds is 3. The second-order valence-corrected chi connectivity index (χ2v) is 5.87. The molecule has 0 unspecified atom stereocenters. The third kappa shape index (κ3) is 2.23. The fourth-order valence-electron chi connectivity index (χ4n) is 1.72. The molecule has 0 amide bonds. The van der Waals surface area contributed by atoms with Crippen LogP contribution >= 0.6 is 12.6 Å². The lowest BCUT2D eigenvalue weighted by molar-refractivity contribution is 0.605. The van der Waals surface area contributed by atoms with Crippen molar-refractivity contribution in [2.24, 2.45) is 0 Å². The van der Waals surface area contributed by atoms with Crippen LogP contribution in [0.1, 0.15) is 11.1 Å². The maximum absolute atomic E-state index is 11.6. The number of thiol groups is 2. The third-order valence-electron chi connectivity index (χ3n) is 2.62. The minimum absolute atomic E-state index is 0.658. The normalized spacial score (nSPS) is 11.6. The van der Waals surface area contributed by atoms with Crippen LogP contribution in [0.3, 0.4) is 0 Å². The number of hydrogen-bond acceptors (Lipinski definition) is 3. The number of benzene rings is 2. The largest absolute Gasteiger partial charge is 0.230 e. The molecule has 2 nitrogen and oxygen atoms in total. The Labute approximate surface area is 108 Å². The van der Waals surface area contributed by atoms with Gasteiger partial charge >= 0.3 is 0 Å². The summed E-state index contributed by atoms with van der Waals surface area (Å²) in [4.78, 5) is 0. The molecule has 0 saturated heterocycles. The highest BCUT2D eigenvalue weighted by molar-refractivity contribution is 7.96. The van der Waals surface area contributed by atoms with Crippen molar-refractivity contribution in [1.29, 1.82) is 0 Å². The van der Waals surface area contributed by atoms with Crippen LogP contribution in [-0.4, -0.2) is 8.42 Å². The molecule has 0 heterocycles. The summed E-state index contributed by atoms with van der Waals surface area (Å²) in [6.45, 7) is 0. The molecule has 0 aromatic heterocycles. The second kappa shape index (κ2) is 4.94. The van der Waals surface area contributed by atoms with Gasteiger partial charge in [-0.15, -0.1) is 12.6 Å². The maximum Gasteiger partial charge on any atom is 0.163 e. The van der Waals surface area contributed by atoms with Crippen molar-refractivity contribution >= 4 is 23.3 Å². The van der Waals surface area contributed by atoms with Crippen molar-refractivity contribution < 1.29 is 8.42 Å². The van der Waals surface area contributed by atoms with E-state index in [1.807, 2.05) is 36.4 Å². The maximum atomic E-state index is 11.6. The van der Waals surface area contributed by atoms with E-state index in [-0.39, 0.29) is 0 Å². The lowest BCUT2D eigenvalue weighted by Crippen LogP contribution is -2.22. The summed E-state index contributed by atoms with van der Waals surface area (Å²) >= 11 is 4.40. The van der Waals surface area contributed by atoms with E-state index in [1.165, 1.54) is 0 Å². The molecule has 0 aliphatic heterocycles. The summed E-state index contributed by atoms with van der Waals surface area (Å²) in [6, 6.07) is 18.0. The lowest BCUT2D eigenvalue weighted by Gasteiger charge is -2.23. The molecule has 17 heavy (non-hydrogen) atoms. The van der Waals surface area contributed by atoms with Crippen molar-refractivity contribution in [3.05, 3.63) is 71.8 Å².